The van der Waals surface area contributed by atoms with Gasteiger partial charge in [-0.05, 0) is 38.0 Å². The summed E-state index contributed by atoms with van der Waals surface area (Å²) >= 11 is 2.11. The highest BCUT2D eigenvalue weighted by atomic mass is 32.2. The number of thioether (sulfide) groups is 1. The van der Waals surface area contributed by atoms with E-state index in [1.807, 2.05) is 0 Å². The Morgan fingerprint density at radius 3 is 2.29 bits per heavy atom. The van der Waals surface area contributed by atoms with Crippen LogP contribution in [0.25, 0.3) is 0 Å². The molecule has 0 saturated carbocycles. The third kappa shape index (κ3) is 8.89. The zero-order valence-electron chi connectivity index (χ0n) is 10.5. The molecule has 14 heavy (non-hydrogen) atoms. The molecular formula is C12H27NS. The standard InChI is InChI=1S/C12H27NS/c1-6-7-13-11(4)8-12(5)14-9-10(2)3/h10-13H,6-9H2,1-5H3. The molecule has 0 aliphatic rings. The van der Waals surface area contributed by atoms with Crippen LogP contribution in [0, 0.1) is 5.92 Å². The smallest absolute Gasteiger partial charge is 0.00491 e. The third-order valence-corrected chi connectivity index (χ3v) is 3.76. The average Bonchev–Trinajstić information content (AvgIpc) is 2.11. The second kappa shape index (κ2) is 8.60. The maximum atomic E-state index is 3.54. The Hall–Kier alpha value is 0.310. The summed E-state index contributed by atoms with van der Waals surface area (Å²) in [4.78, 5) is 0. The number of hydrogen-bond acceptors (Lipinski definition) is 2. The molecule has 2 atom stereocenters. The Kier molecular flexibility index (Phi) is 8.80. The highest BCUT2D eigenvalue weighted by molar-refractivity contribution is 7.99. The molecule has 0 aliphatic carbocycles. The zero-order chi connectivity index (χ0) is 11.0. The van der Waals surface area contributed by atoms with Crippen molar-refractivity contribution in [2.24, 2.45) is 5.92 Å². The normalized spacial score (nSPS) is 15.9. The second-order valence-corrected chi connectivity index (χ2v) is 6.10. The van der Waals surface area contributed by atoms with Gasteiger partial charge in [0.1, 0.15) is 0 Å². The van der Waals surface area contributed by atoms with Crippen LogP contribution >= 0.6 is 11.8 Å². The molecule has 0 aromatic heterocycles. The van der Waals surface area contributed by atoms with Crippen LogP contribution in [0.5, 0.6) is 0 Å². The first-order chi connectivity index (χ1) is 6.56. The number of nitrogens with one attached hydrogen (secondary N) is 1. The second-order valence-electron chi connectivity index (χ2n) is 4.63. The largest absolute Gasteiger partial charge is 0.314 e. The maximum Gasteiger partial charge on any atom is 0.00491 e. The molecule has 0 radical (unpaired) electrons. The Bertz CT molecular complexity index is 125. The van der Waals surface area contributed by atoms with Gasteiger partial charge in [-0.2, -0.15) is 11.8 Å². The van der Waals surface area contributed by atoms with Crippen molar-refractivity contribution in [3.8, 4) is 0 Å². The van der Waals surface area contributed by atoms with Crippen LogP contribution in [-0.2, 0) is 0 Å². The number of hydrogen-bond donors (Lipinski definition) is 1. The van der Waals surface area contributed by atoms with Gasteiger partial charge in [0, 0.05) is 11.3 Å². The molecule has 1 N–H and O–H groups in total. The van der Waals surface area contributed by atoms with Crippen molar-refractivity contribution in [1.29, 1.82) is 0 Å². The molecule has 0 fully saturated rings. The predicted octanol–water partition coefficient (Wildman–Crippen LogP) is 3.54. The molecule has 2 heteroatoms. The summed E-state index contributed by atoms with van der Waals surface area (Å²) in [7, 11) is 0. The molecular weight excluding hydrogens is 190 g/mol. The molecule has 0 aromatic carbocycles. The molecule has 86 valence electrons. The van der Waals surface area contributed by atoms with Crippen LogP contribution in [0.2, 0.25) is 0 Å². The van der Waals surface area contributed by atoms with E-state index in [1.54, 1.807) is 0 Å². The van der Waals surface area contributed by atoms with E-state index < -0.39 is 0 Å². The van der Waals surface area contributed by atoms with Gasteiger partial charge in [-0.15, -0.1) is 0 Å². The van der Waals surface area contributed by atoms with Crippen LogP contribution in [0.15, 0.2) is 0 Å². The molecule has 0 amide bonds. The van der Waals surface area contributed by atoms with Crippen LogP contribution < -0.4 is 5.32 Å². The minimum absolute atomic E-state index is 0.671. The Labute approximate surface area is 94.4 Å². The SMILES string of the molecule is CCCNC(C)CC(C)SCC(C)C. The van der Waals surface area contributed by atoms with Crippen molar-refractivity contribution in [2.75, 3.05) is 12.3 Å². The van der Waals surface area contributed by atoms with Gasteiger partial charge in [0.2, 0.25) is 0 Å². The van der Waals surface area contributed by atoms with Crippen LogP contribution in [0.3, 0.4) is 0 Å². The van der Waals surface area contributed by atoms with Gasteiger partial charge in [0.25, 0.3) is 0 Å². The maximum absolute atomic E-state index is 3.54. The van der Waals surface area contributed by atoms with Gasteiger partial charge < -0.3 is 5.32 Å². The van der Waals surface area contributed by atoms with Crippen LogP contribution in [-0.4, -0.2) is 23.6 Å². The summed E-state index contributed by atoms with van der Waals surface area (Å²) < 4.78 is 0. The van der Waals surface area contributed by atoms with E-state index in [2.05, 4.69) is 51.7 Å². The van der Waals surface area contributed by atoms with E-state index in [4.69, 9.17) is 0 Å². The van der Waals surface area contributed by atoms with Crippen LogP contribution in [0.4, 0.5) is 0 Å². The fourth-order valence-corrected chi connectivity index (χ4v) is 2.53. The Balaban J connectivity index is 3.44. The van der Waals surface area contributed by atoms with Gasteiger partial charge in [0.15, 0.2) is 0 Å². The summed E-state index contributed by atoms with van der Waals surface area (Å²) in [6, 6.07) is 0.671. The Morgan fingerprint density at radius 2 is 1.79 bits per heavy atom. The first-order valence-corrected chi connectivity index (χ1v) is 6.96. The quantitative estimate of drug-likeness (QED) is 0.667. The van der Waals surface area contributed by atoms with E-state index in [0.29, 0.717) is 6.04 Å². The lowest BCUT2D eigenvalue weighted by Crippen LogP contribution is -2.29. The fourth-order valence-electron chi connectivity index (χ4n) is 1.40. The molecule has 0 aromatic rings. The monoisotopic (exact) mass is 217 g/mol. The zero-order valence-corrected chi connectivity index (χ0v) is 11.3. The summed E-state index contributed by atoms with van der Waals surface area (Å²) in [6.45, 7) is 12.6. The van der Waals surface area contributed by atoms with E-state index in [1.165, 1.54) is 18.6 Å². The van der Waals surface area contributed by atoms with Crippen molar-refractivity contribution < 1.29 is 0 Å². The van der Waals surface area contributed by atoms with Gasteiger partial charge >= 0.3 is 0 Å². The highest BCUT2D eigenvalue weighted by Gasteiger charge is 2.08. The summed E-state index contributed by atoms with van der Waals surface area (Å²) in [5.74, 6) is 2.11. The third-order valence-electron chi connectivity index (χ3n) is 2.14. The lowest BCUT2D eigenvalue weighted by molar-refractivity contribution is 0.513. The first-order valence-electron chi connectivity index (χ1n) is 5.91. The molecule has 0 heterocycles. The fraction of sp³-hybridized carbons (Fsp3) is 1.00. The molecule has 0 rings (SSSR count). The molecule has 0 bridgehead atoms. The summed E-state index contributed by atoms with van der Waals surface area (Å²) in [5, 5.41) is 4.33. The minimum atomic E-state index is 0.671. The van der Waals surface area contributed by atoms with E-state index in [-0.39, 0.29) is 0 Å². The summed E-state index contributed by atoms with van der Waals surface area (Å²) in [6.07, 6.45) is 2.52. The lowest BCUT2D eigenvalue weighted by atomic mass is 10.2. The lowest BCUT2D eigenvalue weighted by Gasteiger charge is -2.18. The van der Waals surface area contributed by atoms with E-state index in [9.17, 15) is 0 Å². The van der Waals surface area contributed by atoms with Crippen molar-refractivity contribution >= 4 is 11.8 Å². The molecule has 0 saturated heterocycles. The van der Waals surface area contributed by atoms with Crippen molar-refractivity contribution in [3.05, 3.63) is 0 Å². The van der Waals surface area contributed by atoms with Crippen molar-refractivity contribution in [1.82, 2.24) is 5.32 Å². The average molecular weight is 217 g/mol. The Morgan fingerprint density at radius 1 is 1.14 bits per heavy atom. The summed E-state index contributed by atoms with van der Waals surface area (Å²) in [5.41, 5.74) is 0. The van der Waals surface area contributed by atoms with E-state index >= 15 is 0 Å². The van der Waals surface area contributed by atoms with Gasteiger partial charge in [0.05, 0.1) is 0 Å². The molecule has 0 spiro atoms. The molecule has 0 aliphatic heterocycles. The van der Waals surface area contributed by atoms with Gasteiger partial charge in [-0.3, -0.25) is 0 Å². The minimum Gasteiger partial charge on any atom is -0.314 e. The van der Waals surface area contributed by atoms with Crippen molar-refractivity contribution in [2.45, 2.75) is 58.8 Å². The number of rotatable bonds is 8. The first kappa shape index (κ1) is 14.3. The topological polar surface area (TPSA) is 12.0 Å². The predicted molar refractivity (Wildman–Crippen MR) is 69.1 cm³/mol. The highest BCUT2D eigenvalue weighted by Crippen LogP contribution is 2.18. The van der Waals surface area contributed by atoms with Crippen molar-refractivity contribution in [3.63, 3.8) is 0 Å². The van der Waals surface area contributed by atoms with E-state index in [0.717, 1.165) is 17.7 Å². The van der Waals surface area contributed by atoms with Gasteiger partial charge in [-0.25, -0.2) is 0 Å². The molecule has 2 unspecified atom stereocenters. The molecule has 1 nitrogen and oxygen atoms in total. The van der Waals surface area contributed by atoms with Gasteiger partial charge in [-0.1, -0.05) is 27.7 Å². The van der Waals surface area contributed by atoms with Crippen LogP contribution in [0.1, 0.15) is 47.5 Å².